The highest BCUT2D eigenvalue weighted by atomic mass is 79.9. The molecule has 0 atom stereocenters. The molecule has 2 rings (SSSR count). The van der Waals surface area contributed by atoms with Gasteiger partial charge in [-0.25, -0.2) is 4.39 Å². The molecule has 1 aromatic heterocycles. The van der Waals surface area contributed by atoms with Crippen LogP contribution in [-0.2, 0) is 6.54 Å². The molecule has 5 heteroatoms. The molecule has 1 aromatic carbocycles. The number of nitrogens with zero attached hydrogens (tertiary/aromatic N) is 1. The average molecular weight is 301 g/mol. The Hall–Kier alpha value is -0.940. The Bertz CT molecular complexity index is 627. The van der Waals surface area contributed by atoms with Crippen LogP contribution in [0.15, 0.2) is 28.8 Å². The maximum Gasteiger partial charge on any atom is 0.178 e. The van der Waals surface area contributed by atoms with Crippen LogP contribution in [-0.4, -0.2) is 9.55 Å². The van der Waals surface area contributed by atoms with Gasteiger partial charge in [-0.3, -0.25) is 0 Å². The molecule has 0 aliphatic rings. The van der Waals surface area contributed by atoms with Crippen LogP contribution in [0.5, 0.6) is 0 Å². The van der Waals surface area contributed by atoms with Gasteiger partial charge in [0.15, 0.2) is 4.77 Å². The zero-order chi connectivity index (χ0) is 11.9. The van der Waals surface area contributed by atoms with E-state index < -0.39 is 0 Å². The van der Waals surface area contributed by atoms with E-state index in [1.807, 2.05) is 11.5 Å². The van der Waals surface area contributed by atoms with Crippen molar-refractivity contribution in [1.82, 2.24) is 9.55 Å². The van der Waals surface area contributed by atoms with Crippen LogP contribution in [0.25, 0.3) is 11.0 Å². The summed E-state index contributed by atoms with van der Waals surface area (Å²) in [4.78, 5) is 3.04. The van der Waals surface area contributed by atoms with Gasteiger partial charge in [0.25, 0.3) is 0 Å². The molecule has 2 aromatic rings. The number of H-pyrrole nitrogens is 1. The molecule has 0 saturated carbocycles. The Morgan fingerprint density at radius 2 is 2.31 bits per heavy atom. The lowest BCUT2D eigenvalue weighted by atomic mass is 10.3. The predicted octanol–water partition coefficient (Wildman–Crippen LogP) is 4.18. The molecular formula is C11H10BrFN2S. The van der Waals surface area contributed by atoms with Crippen molar-refractivity contribution in [2.45, 2.75) is 13.5 Å². The number of benzene rings is 1. The first kappa shape index (κ1) is 11.5. The summed E-state index contributed by atoms with van der Waals surface area (Å²) in [6, 6.07) is 3.16. The van der Waals surface area contributed by atoms with Crippen LogP contribution < -0.4 is 0 Å². The molecular weight excluding hydrogens is 291 g/mol. The number of aromatic amines is 1. The number of imidazole rings is 1. The summed E-state index contributed by atoms with van der Waals surface area (Å²) in [5.41, 5.74) is 2.55. The van der Waals surface area contributed by atoms with Crippen molar-refractivity contribution in [3.8, 4) is 0 Å². The van der Waals surface area contributed by atoms with Crippen molar-refractivity contribution in [3.05, 3.63) is 39.3 Å². The Labute approximate surface area is 106 Å². The first-order chi connectivity index (χ1) is 7.49. The summed E-state index contributed by atoms with van der Waals surface area (Å²) in [7, 11) is 0. The number of rotatable bonds is 2. The lowest BCUT2D eigenvalue weighted by Gasteiger charge is -2.03. The van der Waals surface area contributed by atoms with Crippen molar-refractivity contribution < 1.29 is 4.39 Å². The van der Waals surface area contributed by atoms with Gasteiger partial charge in [0.2, 0.25) is 0 Å². The van der Waals surface area contributed by atoms with Gasteiger partial charge in [-0.15, -0.1) is 0 Å². The fraction of sp³-hybridized carbons (Fsp3) is 0.182. The number of aromatic nitrogens is 2. The third-order valence-corrected chi connectivity index (χ3v) is 3.17. The first-order valence-electron chi connectivity index (χ1n) is 4.71. The van der Waals surface area contributed by atoms with Crippen molar-refractivity contribution in [2.24, 2.45) is 0 Å². The molecule has 2 nitrogen and oxygen atoms in total. The SMILES string of the molecule is C=C(C)Cn1c(=S)[nH]c2cc(Br)c(F)cc21. The molecule has 0 fully saturated rings. The van der Waals surface area contributed by atoms with Crippen molar-refractivity contribution >= 4 is 39.2 Å². The highest BCUT2D eigenvalue weighted by molar-refractivity contribution is 9.10. The Balaban J connectivity index is 2.74. The number of nitrogens with one attached hydrogen (secondary N) is 1. The van der Waals surface area contributed by atoms with Crippen LogP contribution in [0.1, 0.15) is 6.92 Å². The van der Waals surface area contributed by atoms with Gasteiger partial charge < -0.3 is 9.55 Å². The zero-order valence-corrected chi connectivity index (χ0v) is 11.1. The molecule has 1 heterocycles. The van der Waals surface area contributed by atoms with Gasteiger partial charge >= 0.3 is 0 Å². The molecule has 0 saturated heterocycles. The Morgan fingerprint density at radius 3 is 2.94 bits per heavy atom. The van der Waals surface area contributed by atoms with Crippen LogP contribution in [0.3, 0.4) is 0 Å². The zero-order valence-electron chi connectivity index (χ0n) is 8.68. The van der Waals surface area contributed by atoms with Gasteiger partial charge in [0.1, 0.15) is 5.82 Å². The molecule has 0 unspecified atom stereocenters. The largest absolute Gasteiger partial charge is 0.331 e. The molecule has 0 amide bonds. The third kappa shape index (κ3) is 1.97. The molecule has 16 heavy (non-hydrogen) atoms. The van der Waals surface area contributed by atoms with E-state index in [-0.39, 0.29) is 5.82 Å². The van der Waals surface area contributed by atoms with Crippen molar-refractivity contribution in [1.29, 1.82) is 0 Å². The van der Waals surface area contributed by atoms with Gasteiger partial charge in [-0.1, -0.05) is 12.2 Å². The van der Waals surface area contributed by atoms with E-state index in [1.165, 1.54) is 6.07 Å². The lowest BCUT2D eigenvalue weighted by Crippen LogP contribution is -1.98. The van der Waals surface area contributed by atoms with Gasteiger partial charge in [0, 0.05) is 12.6 Å². The molecule has 84 valence electrons. The molecule has 0 bridgehead atoms. The second-order valence-electron chi connectivity index (χ2n) is 3.76. The molecule has 1 N–H and O–H groups in total. The van der Waals surface area contributed by atoms with Crippen molar-refractivity contribution in [2.75, 3.05) is 0 Å². The topological polar surface area (TPSA) is 20.7 Å². The number of allylic oxidation sites excluding steroid dienone is 1. The minimum absolute atomic E-state index is 0.294. The smallest absolute Gasteiger partial charge is 0.178 e. The number of fused-ring (bicyclic) bond motifs is 1. The van der Waals surface area contributed by atoms with Gasteiger partial charge in [-0.2, -0.15) is 0 Å². The van der Waals surface area contributed by atoms with E-state index in [0.717, 1.165) is 16.6 Å². The quantitative estimate of drug-likeness (QED) is 0.652. The standard InChI is InChI=1S/C11H10BrFN2S/c1-6(2)5-15-10-4-8(13)7(12)3-9(10)14-11(15)16/h3-4H,1,5H2,2H3,(H,14,16). The summed E-state index contributed by atoms with van der Waals surface area (Å²) >= 11 is 8.33. The fourth-order valence-corrected chi connectivity index (χ4v) is 2.19. The monoisotopic (exact) mass is 300 g/mol. The minimum Gasteiger partial charge on any atom is -0.331 e. The normalized spacial score (nSPS) is 10.9. The van der Waals surface area contributed by atoms with Crippen LogP contribution in [0.2, 0.25) is 0 Å². The first-order valence-corrected chi connectivity index (χ1v) is 5.91. The summed E-state index contributed by atoms with van der Waals surface area (Å²) in [6.07, 6.45) is 0. The minimum atomic E-state index is -0.294. The van der Waals surface area contributed by atoms with Crippen LogP contribution in [0.4, 0.5) is 4.39 Å². The second kappa shape index (κ2) is 4.14. The summed E-state index contributed by atoms with van der Waals surface area (Å²) in [6.45, 7) is 6.34. The highest BCUT2D eigenvalue weighted by Crippen LogP contribution is 2.23. The van der Waals surface area contributed by atoms with Crippen LogP contribution in [0, 0.1) is 10.6 Å². The lowest BCUT2D eigenvalue weighted by molar-refractivity contribution is 0.621. The average Bonchev–Trinajstić information content (AvgIpc) is 2.45. The fourth-order valence-electron chi connectivity index (χ4n) is 1.58. The summed E-state index contributed by atoms with van der Waals surface area (Å²) in [5.74, 6) is -0.294. The van der Waals surface area contributed by atoms with E-state index in [1.54, 1.807) is 6.07 Å². The molecule has 0 radical (unpaired) electrons. The van der Waals surface area contributed by atoms with Crippen molar-refractivity contribution in [3.63, 3.8) is 0 Å². The van der Waals surface area contributed by atoms with E-state index in [9.17, 15) is 4.39 Å². The summed E-state index contributed by atoms with van der Waals surface area (Å²) in [5, 5.41) is 0. The number of hydrogen-bond acceptors (Lipinski definition) is 1. The van der Waals surface area contributed by atoms with E-state index in [4.69, 9.17) is 12.2 Å². The third-order valence-electron chi connectivity index (χ3n) is 2.24. The maximum atomic E-state index is 13.4. The number of halogens is 2. The van der Waals surface area contributed by atoms with Gasteiger partial charge in [-0.05, 0) is 41.1 Å². The maximum absolute atomic E-state index is 13.4. The predicted molar refractivity (Wildman–Crippen MR) is 69.6 cm³/mol. The second-order valence-corrected chi connectivity index (χ2v) is 5.00. The van der Waals surface area contributed by atoms with E-state index in [2.05, 4.69) is 27.5 Å². The van der Waals surface area contributed by atoms with Gasteiger partial charge in [0.05, 0.1) is 15.5 Å². The van der Waals surface area contributed by atoms with E-state index >= 15 is 0 Å². The van der Waals surface area contributed by atoms with E-state index in [0.29, 0.717) is 15.8 Å². The highest BCUT2D eigenvalue weighted by Gasteiger charge is 2.08. The van der Waals surface area contributed by atoms with Crippen LogP contribution >= 0.6 is 28.1 Å². The molecule has 0 spiro atoms. The molecule has 0 aliphatic carbocycles. The molecule has 0 aliphatic heterocycles. The Morgan fingerprint density at radius 1 is 1.62 bits per heavy atom. The summed E-state index contributed by atoms with van der Waals surface area (Å²) < 4.78 is 16.3. The Kier molecular flexibility index (Phi) is 2.99. The number of hydrogen-bond donors (Lipinski definition) is 1.